The van der Waals surface area contributed by atoms with Gasteiger partial charge in [0.2, 0.25) is 15.9 Å². The minimum absolute atomic E-state index is 0.170. The van der Waals surface area contributed by atoms with Crippen LogP contribution < -0.4 is 5.32 Å². The summed E-state index contributed by atoms with van der Waals surface area (Å²) in [6.45, 7) is 2.93. The lowest BCUT2D eigenvalue weighted by Crippen LogP contribution is -2.46. The molecule has 3 rings (SSSR count). The van der Waals surface area contributed by atoms with Crippen molar-refractivity contribution in [2.24, 2.45) is 0 Å². The van der Waals surface area contributed by atoms with Gasteiger partial charge in [0.1, 0.15) is 0 Å². The highest BCUT2D eigenvalue weighted by molar-refractivity contribution is 7.89. The van der Waals surface area contributed by atoms with Crippen molar-refractivity contribution in [3.8, 4) is 0 Å². The molecule has 134 valence electrons. The molecule has 8 heteroatoms. The van der Waals surface area contributed by atoms with Crippen LogP contribution in [0.15, 0.2) is 46.7 Å². The zero-order chi connectivity index (χ0) is 17.9. The van der Waals surface area contributed by atoms with Gasteiger partial charge in [0, 0.05) is 23.2 Å². The third-order valence-corrected chi connectivity index (χ3v) is 6.83. The minimum atomic E-state index is -3.62. The summed E-state index contributed by atoms with van der Waals surface area (Å²) >= 11 is 1.51. The maximum absolute atomic E-state index is 12.9. The monoisotopic (exact) mass is 380 g/mol. The standard InChI is InChI=1S/C17H20N2O4S2/c1-13-12-23-8-7-19(13)25(21,22)16-6-2-4-14(10-16)18-17(20)11-15-5-3-9-24-15/h2-6,9-10,13H,7-8,11-12H2,1H3,(H,18,20). The number of rotatable bonds is 5. The lowest BCUT2D eigenvalue weighted by molar-refractivity contribution is -0.115. The van der Waals surface area contributed by atoms with Crippen LogP contribution in [0.25, 0.3) is 0 Å². The van der Waals surface area contributed by atoms with Gasteiger partial charge in [-0.3, -0.25) is 4.79 Å². The molecular formula is C17H20N2O4S2. The number of hydrogen-bond donors (Lipinski definition) is 1. The summed E-state index contributed by atoms with van der Waals surface area (Å²) in [6.07, 6.45) is 0.273. The molecule has 0 saturated carbocycles. The number of nitrogens with one attached hydrogen (secondary N) is 1. The summed E-state index contributed by atoms with van der Waals surface area (Å²) in [4.78, 5) is 13.3. The second-order valence-electron chi connectivity index (χ2n) is 5.87. The Hall–Kier alpha value is -1.74. The minimum Gasteiger partial charge on any atom is -0.378 e. The van der Waals surface area contributed by atoms with E-state index in [1.54, 1.807) is 18.2 Å². The van der Waals surface area contributed by atoms with Crippen LogP contribution in [0.5, 0.6) is 0 Å². The summed E-state index contributed by atoms with van der Waals surface area (Å²) in [5.74, 6) is -0.170. The maximum atomic E-state index is 12.9. The van der Waals surface area contributed by atoms with E-state index in [2.05, 4.69) is 5.32 Å². The van der Waals surface area contributed by atoms with Gasteiger partial charge in [0.05, 0.1) is 24.5 Å². The van der Waals surface area contributed by atoms with E-state index in [1.807, 2.05) is 24.4 Å². The molecule has 1 saturated heterocycles. The fourth-order valence-corrected chi connectivity index (χ4v) is 5.07. The first kappa shape index (κ1) is 18.1. The van der Waals surface area contributed by atoms with Crippen molar-refractivity contribution in [3.63, 3.8) is 0 Å². The average molecular weight is 380 g/mol. The van der Waals surface area contributed by atoms with Crippen molar-refractivity contribution in [1.82, 2.24) is 4.31 Å². The van der Waals surface area contributed by atoms with Crippen LogP contribution in [0.4, 0.5) is 5.69 Å². The van der Waals surface area contributed by atoms with Gasteiger partial charge in [0.15, 0.2) is 0 Å². The molecule has 1 N–H and O–H groups in total. The highest BCUT2D eigenvalue weighted by atomic mass is 32.2. The molecule has 2 heterocycles. The highest BCUT2D eigenvalue weighted by Crippen LogP contribution is 2.23. The van der Waals surface area contributed by atoms with Gasteiger partial charge in [-0.2, -0.15) is 4.31 Å². The number of carbonyl (C=O) groups is 1. The molecule has 0 spiro atoms. The second kappa shape index (κ2) is 7.65. The molecule has 1 aliphatic heterocycles. The molecule has 1 aliphatic rings. The molecule has 25 heavy (non-hydrogen) atoms. The Kier molecular flexibility index (Phi) is 5.53. The SMILES string of the molecule is CC1COCCN1S(=O)(=O)c1cccc(NC(=O)Cc2cccs2)c1. The normalized spacial score (nSPS) is 18.8. The fourth-order valence-electron chi connectivity index (χ4n) is 2.72. The van der Waals surface area contributed by atoms with E-state index in [1.165, 1.54) is 21.7 Å². The topological polar surface area (TPSA) is 75.7 Å². The third-order valence-electron chi connectivity index (χ3n) is 3.95. The fraction of sp³-hybridized carbons (Fsp3) is 0.353. The molecule has 0 aliphatic carbocycles. The van der Waals surface area contributed by atoms with E-state index in [0.717, 1.165) is 4.88 Å². The zero-order valence-electron chi connectivity index (χ0n) is 13.8. The maximum Gasteiger partial charge on any atom is 0.243 e. The van der Waals surface area contributed by atoms with Crippen molar-refractivity contribution in [2.75, 3.05) is 25.1 Å². The Balaban J connectivity index is 1.75. The first-order valence-corrected chi connectivity index (χ1v) is 10.3. The molecule has 6 nitrogen and oxygen atoms in total. The van der Waals surface area contributed by atoms with Crippen molar-refractivity contribution >= 4 is 33.0 Å². The van der Waals surface area contributed by atoms with Gasteiger partial charge in [-0.25, -0.2) is 8.42 Å². The molecule has 1 atom stereocenters. The first-order chi connectivity index (χ1) is 12.0. The van der Waals surface area contributed by atoms with Crippen LogP contribution in [0.1, 0.15) is 11.8 Å². The lowest BCUT2D eigenvalue weighted by atomic mass is 10.3. The Morgan fingerprint density at radius 2 is 2.20 bits per heavy atom. The molecule has 1 fully saturated rings. The number of thiophene rings is 1. The number of amides is 1. The van der Waals surface area contributed by atoms with Crippen LogP contribution in [-0.4, -0.2) is 44.4 Å². The Bertz CT molecular complexity index is 834. The van der Waals surface area contributed by atoms with E-state index in [4.69, 9.17) is 4.74 Å². The largest absolute Gasteiger partial charge is 0.378 e. The first-order valence-electron chi connectivity index (χ1n) is 7.99. The highest BCUT2D eigenvalue weighted by Gasteiger charge is 2.31. The van der Waals surface area contributed by atoms with Gasteiger partial charge < -0.3 is 10.1 Å². The van der Waals surface area contributed by atoms with Gasteiger partial charge >= 0.3 is 0 Å². The number of sulfonamides is 1. The van der Waals surface area contributed by atoms with Gasteiger partial charge in [0.25, 0.3) is 0 Å². The van der Waals surface area contributed by atoms with Crippen molar-refractivity contribution < 1.29 is 17.9 Å². The molecular weight excluding hydrogens is 360 g/mol. The predicted octanol–water partition coefficient (Wildman–Crippen LogP) is 2.34. The van der Waals surface area contributed by atoms with E-state index < -0.39 is 10.0 Å². The van der Waals surface area contributed by atoms with Gasteiger partial charge in [-0.15, -0.1) is 11.3 Å². The smallest absolute Gasteiger partial charge is 0.243 e. The van der Waals surface area contributed by atoms with E-state index in [0.29, 0.717) is 25.4 Å². The van der Waals surface area contributed by atoms with Gasteiger partial charge in [-0.05, 0) is 36.6 Å². The average Bonchev–Trinajstić information content (AvgIpc) is 3.08. The van der Waals surface area contributed by atoms with Crippen LogP contribution >= 0.6 is 11.3 Å². The van der Waals surface area contributed by atoms with Crippen molar-refractivity contribution in [3.05, 3.63) is 46.7 Å². The molecule has 1 aromatic heterocycles. The zero-order valence-corrected chi connectivity index (χ0v) is 15.5. The molecule has 1 unspecified atom stereocenters. The van der Waals surface area contributed by atoms with Crippen LogP contribution in [0.3, 0.4) is 0 Å². The quantitative estimate of drug-likeness (QED) is 0.864. The number of morpholine rings is 1. The van der Waals surface area contributed by atoms with Crippen molar-refractivity contribution in [2.45, 2.75) is 24.3 Å². The molecule has 2 aromatic rings. The number of benzene rings is 1. The van der Waals surface area contributed by atoms with E-state index in [-0.39, 0.29) is 23.3 Å². The van der Waals surface area contributed by atoms with Crippen LogP contribution in [0.2, 0.25) is 0 Å². The summed E-state index contributed by atoms with van der Waals surface area (Å²) in [6, 6.07) is 9.95. The number of carbonyl (C=O) groups excluding carboxylic acids is 1. The second-order valence-corrected chi connectivity index (χ2v) is 8.79. The number of nitrogens with zero attached hydrogens (tertiary/aromatic N) is 1. The number of ether oxygens (including phenoxy) is 1. The third kappa shape index (κ3) is 4.27. The summed E-state index contributed by atoms with van der Waals surface area (Å²) in [5, 5.41) is 4.68. The summed E-state index contributed by atoms with van der Waals surface area (Å²) in [7, 11) is -3.62. The molecule has 1 aromatic carbocycles. The van der Waals surface area contributed by atoms with Gasteiger partial charge in [-0.1, -0.05) is 12.1 Å². The summed E-state index contributed by atoms with van der Waals surface area (Å²) < 4.78 is 32.5. The van der Waals surface area contributed by atoms with E-state index in [9.17, 15) is 13.2 Å². The number of anilines is 1. The predicted molar refractivity (Wildman–Crippen MR) is 97.3 cm³/mol. The molecule has 1 amide bonds. The Morgan fingerprint density at radius 1 is 1.36 bits per heavy atom. The Morgan fingerprint density at radius 3 is 2.92 bits per heavy atom. The summed E-state index contributed by atoms with van der Waals surface area (Å²) in [5.41, 5.74) is 0.476. The van der Waals surface area contributed by atoms with Crippen molar-refractivity contribution in [1.29, 1.82) is 0 Å². The Labute approximate surface area is 151 Å². The number of hydrogen-bond acceptors (Lipinski definition) is 5. The van der Waals surface area contributed by atoms with Crippen LogP contribution in [0, 0.1) is 0 Å². The van der Waals surface area contributed by atoms with E-state index >= 15 is 0 Å². The lowest BCUT2D eigenvalue weighted by Gasteiger charge is -2.32. The molecule has 0 radical (unpaired) electrons. The van der Waals surface area contributed by atoms with Crippen LogP contribution in [-0.2, 0) is 26.0 Å². The molecule has 0 bridgehead atoms.